The van der Waals surface area contributed by atoms with Gasteiger partial charge in [0.05, 0.1) is 10.6 Å². The zero-order chi connectivity index (χ0) is 13.2. The summed E-state index contributed by atoms with van der Waals surface area (Å²) >= 11 is 5.96. The predicted molar refractivity (Wildman–Crippen MR) is 77.4 cm³/mol. The number of halogens is 1. The molecule has 0 aliphatic carbocycles. The molecule has 0 spiro atoms. The molecular formula is C15H18ClN3. The predicted octanol–water partition coefficient (Wildman–Crippen LogP) is 3.25. The van der Waals surface area contributed by atoms with Gasteiger partial charge in [0.2, 0.25) is 0 Å². The van der Waals surface area contributed by atoms with Crippen LogP contribution < -0.4 is 5.32 Å². The Hall–Kier alpha value is -1.24. The minimum Gasteiger partial charge on any atom is -0.382 e. The molecule has 2 heterocycles. The fourth-order valence-corrected chi connectivity index (χ4v) is 3.45. The summed E-state index contributed by atoms with van der Waals surface area (Å²) < 4.78 is 0. The number of rotatable bonds is 2. The molecule has 2 atom stereocenters. The van der Waals surface area contributed by atoms with Crippen molar-refractivity contribution in [2.45, 2.75) is 37.8 Å². The van der Waals surface area contributed by atoms with Crippen molar-refractivity contribution in [3.63, 3.8) is 0 Å². The van der Waals surface area contributed by atoms with Crippen LogP contribution in [0.25, 0.3) is 0 Å². The lowest BCUT2D eigenvalue weighted by molar-refractivity contribution is 0.188. The van der Waals surface area contributed by atoms with Gasteiger partial charge in [0.25, 0.3) is 0 Å². The van der Waals surface area contributed by atoms with E-state index in [9.17, 15) is 0 Å². The molecule has 0 bridgehead atoms. The minimum atomic E-state index is 0.520. The van der Waals surface area contributed by atoms with Crippen LogP contribution in [0.2, 0.25) is 5.02 Å². The third-order valence-corrected chi connectivity index (χ3v) is 4.61. The van der Waals surface area contributed by atoms with Crippen molar-refractivity contribution in [2.75, 3.05) is 18.4 Å². The van der Waals surface area contributed by atoms with E-state index in [1.54, 1.807) is 6.07 Å². The third kappa shape index (κ3) is 2.70. The molecule has 3 rings (SSSR count). The monoisotopic (exact) mass is 275 g/mol. The largest absolute Gasteiger partial charge is 0.382 e. The highest BCUT2D eigenvalue weighted by molar-refractivity contribution is 6.31. The third-order valence-electron chi connectivity index (χ3n) is 4.28. The van der Waals surface area contributed by atoms with Crippen LogP contribution >= 0.6 is 11.6 Å². The van der Waals surface area contributed by atoms with E-state index in [4.69, 9.17) is 16.9 Å². The summed E-state index contributed by atoms with van der Waals surface area (Å²) in [6, 6.07) is 9.02. The van der Waals surface area contributed by atoms with Crippen molar-refractivity contribution in [2.24, 2.45) is 0 Å². The van der Waals surface area contributed by atoms with E-state index < -0.39 is 0 Å². The van der Waals surface area contributed by atoms with Gasteiger partial charge in [-0.2, -0.15) is 5.26 Å². The standard InChI is InChI=1S/C15H18ClN3/c16-15-4-3-12(8-11(15)10-17)18-13-5-7-19-6-1-2-14(19)9-13/h3-4,8,13-14,18H,1-2,5-7,9H2. The van der Waals surface area contributed by atoms with E-state index in [2.05, 4.69) is 16.3 Å². The van der Waals surface area contributed by atoms with Crippen LogP contribution in [0.1, 0.15) is 31.2 Å². The van der Waals surface area contributed by atoms with Gasteiger partial charge in [0.1, 0.15) is 6.07 Å². The quantitative estimate of drug-likeness (QED) is 0.900. The Balaban J connectivity index is 1.67. The van der Waals surface area contributed by atoms with Crippen molar-refractivity contribution in [1.29, 1.82) is 5.26 Å². The number of piperidine rings is 1. The van der Waals surface area contributed by atoms with Gasteiger partial charge in [-0.3, -0.25) is 0 Å². The van der Waals surface area contributed by atoms with Gasteiger partial charge in [-0.25, -0.2) is 0 Å². The lowest BCUT2D eigenvalue weighted by atomic mass is 9.97. The first-order chi connectivity index (χ1) is 9.26. The fourth-order valence-electron chi connectivity index (χ4n) is 3.29. The first kappa shape index (κ1) is 12.8. The second-order valence-corrected chi connectivity index (χ2v) is 5.91. The summed E-state index contributed by atoms with van der Waals surface area (Å²) in [4.78, 5) is 2.61. The average Bonchev–Trinajstić information content (AvgIpc) is 2.88. The van der Waals surface area contributed by atoms with Gasteiger partial charge in [-0.1, -0.05) is 11.6 Å². The molecule has 2 unspecified atom stereocenters. The lowest BCUT2D eigenvalue weighted by Crippen LogP contribution is -2.42. The number of fused-ring (bicyclic) bond motifs is 1. The molecule has 3 nitrogen and oxygen atoms in total. The highest BCUT2D eigenvalue weighted by atomic mass is 35.5. The summed E-state index contributed by atoms with van der Waals surface area (Å²) in [6.07, 6.45) is 5.07. The highest BCUT2D eigenvalue weighted by Gasteiger charge is 2.31. The fraction of sp³-hybridized carbons (Fsp3) is 0.533. The maximum Gasteiger partial charge on any atom is 0.101 e. The van der Waals surface area contributed by atoms with Crippen LogP contribution in [-0.4, -0.2) is 30.1 Å². The first-order valence-electron chi connectivity index (χ1n) is 6.96. The smallest absolute Gasteiger partial charge is 0.101 e. The molecule has 0 aromatic heterocycles. The number of anilines is 1. The van der Waals surface area contributed by atoms with E-state index >= 15 is 0 Å². The second kappa shape index (κ2) is 5.40. The zero-order valence-electron chi connectivity index (χ0n) is 10.9. The van der Waals surface area contributed by atoms with Gasteiger partial charge >= 0.3 is 0 Å². The van der Waals surface area contributed by atoms with Crippen LogP contribution in [0.15, 0.2) is 18.2 Å². The molecule has 1 aromatic carbocycles. The molecule has 0 radical (unpaired) electrons. The normalized spacial score (nSPS) is 26.7. The van der Waals surface area contributed by atoms with Gasteiger partial charge < -0.3 is 10.2 Å². The molecule has 2 saturated heterocycles. The molecular weight excluding hydrogens is 258 g/mol. The average molecular weight is 276 g/mol. The Morgan fingerprint density at radius 2 is 2.21 bits per heavy atom. The number of nitrogens with zero attached hydrogens (tertiary/aromatic N) is 2. The molecule has 100 valence electrons. The van der Waals surface area contributed by atoms with Gasteiger partial charge in [-0.15, -0.1) is 0 Å². The molecule has 2 aliphatic heterocycles. The zero-order valence-corrected chi connectivity index (χ0v) is 11.7. The maximum atomic E-state index is 9.00. The van der Waals surface area contributed by atoms with Gasteiger partial charge in [0, 0.05) is 24.3 Å². The van der Waals surface area contributed by atoms with Crippen molar-refractivity contribution >= 4 is 17.3 Å². The van der Waals surface area contributed by atoms with E-state index in [1.807, 2.05) is 12.1 Å². The summed E-state index contributed by atoms with van der Waals surface area (Å²) in [6.45, 7) is 2.47. The van der Waals surface area contributed by atoms with Crippen molar-refractivity contribution in [3.05, 3.63) is 28.8 Å². The van der Waals surface area contributed by atoms with E-state index in [1.165, 1.54) is 38.8 Å². The summed E-state index contributed by atoms with van der Waals surface area (Å²) in [5, 5.41) is 13.1. The van der Waals surface area contributed by atoms with Crippen molar-refractivity contribution < 1.29 is 0 Å². The van der Waals surface area contributed by atoms with Crippen molar-refractivity contribution in [3.8, 4) is 6.07 Å². The molecule has 2 fully saturated rings. The summed E-state index contributed by atoms with van der Waals surface area (Å²) in [7, 11) is 0. The Bertz CT molecular complexity index is 509. The van der Waals surface area contributed by atoms with E-state index in [-0.39, 0.29) is 0 Å². The first-order valence-corrected chi connectivity index (χ1v) is 7.34. The van der Waals surface area contributed by atoms with Crippen LogP contribution in [0.4, 0.5) is 5.69 Å². The minimum absolute atomic E-state index is 0.520. The summed E-state index contributed by atoms with van der Waals surface area (Å²) in [5.41, 5.74) is 1.56. The molecule has 19 heavy (non-hydrogen) atoms. The van der Waals surface area contributed by atoms with Crippen LogP contribution in [0.3, 0.4) is 0 Å². The Morgan fingerprint density at radius 3 is 3.05 bits per heavy atom. The van der Waals surface area contributed by atoms with Crippen LogP contribution in [0.5, 0.6) is 0 Å². The van der Waals surface area contributed by atoms with Crippen molar-refractivity contribution in [1.82, 2.24) is 4.90 Å². The number of nitriles is 1. The second-order valence-electron chi connectivity index (χ2n) is 5.50. The SMILES string of the molecule is N#Cc1cc(NC2CCN3CCCC3C2)ccc1Cl. The molecule has 0 saturated carbocycles. The molecule has 2 aliphatic rings. The van der Waals surface area contributed by atoms with Crippen LogP contribution in [0, 0.1) is 11.3 Å². The molecule has 1 N–H and O–H groups in total. The highest BCUT2D eigenvalue weighted by Crippen LogP contribution is 2.29. The van der Waals surface area contributed by atoms with Crippen LogP contribution in [-0.2, 0) is 0 Å². The number of hydrogen-bond acceptors (Lipinski definition) is 3. The number of benzene rings is 1. The maximum absolute atomic E-state index is 9.00. The van der Waals surface area contributed by atoms with E-state index in [0.29, 0.717) is 16.6 Å². The molecule has 1 aromatic rings. The lowest BCUT2D eigenvalue weighted by Gasteiger charge is -2.35. The van der Waals surface area contributed by atoms with Gasteiger partial charge in [-0.05, 0) is 50.4 Å². The Kier molecular flexibility index (Phi) is 3.63. The molecule has 4 heteroatoms. The Morgan fingerprint density at radius 1 is 1.32 bits per heavy atom. The van der Waals surface area contributed by atoms with Gasteiger partial charge in [0.15, 0.2) is 0 Å². The molecule has 0 amide bonds. The Labute approximate surface area is 119 Å². The number of nitrogens with one attached hydrogen (secondary N) is 1. The summed E-state index contributed by atoms with van der Waals surface area (Å²) in [5.74, 6) is 0. The number of hydrogen-bond donors (Lipinski definition) is 1. The van der Waals surface area contributed by atoms with E-state index in [0.717, 1.165) is 11.7 Å². The topological polar surface area (TPSA) is 39.1 Å².